The first-order valence-electron chi connectivity index (χ1n) is 22.7. The van der Waals surface area contributed by atoms with Crippen LogP contribution in [0.25, 0.3) is 11.4 Å². The van der Waals surface area contributed by atoms with Crippen molar-refractivity contribution >= 4 is 45.9 Å². The van der Waals surface area contributed by atoms with Crippen LogP contribution in [0.3, 0.4) is 0 Å². The van der Waals surface area contributed by atoms with Crippen molar-refractivity contribution in [2.75, 3.05) is 13.1 Å². The normalized spacial score (nSPS) is 14.6. The Bertz CT molecular complexity index is 1400. The second-order valence-electron chi connectivity index (χ2n) is 16.3. The number of unbranched alkanes of at least 4 members (excludes halogenated alkanes) is 20. The van der Waals surface area contributed by atoms with Crippen molar-refractivity contribution in [1.29, 1.82) is 0 Å². The Labute approximate surface area is 339 Å². The van der Waals surface area contributed by atoms with Crippen LogP contribution in [0.5, 0.6) is 0 Å². The van der Waals surface area contributed by atoms with Gasteiger partial charge in [0.1, 0.15) is 0 Å². The Morgan fingerprint density at radius 2 is 0.722 bits per heavy atom. The van der Waals surface area contributed by atoms with Crippen LogP contribution in [0.4, 0.5) is 0 Å². The standard InChI is InChI=1S/C48H76N2O2S2/c1-7-11-15-19-23-27-31-39-35-41(53-37(39)5)45-43-44(48(52)49(45)33-29-25-21-17-13-9-3)46(50(47(43)51)34-30-26-22-18-14-10-4)42-36-40(38(6)54-42)32-28-24-20-16-12-8-2/h35-36H,7-34H2,1-6H3. The Morgan fingerprint density at radius 3 is 1.06 bits per heavy atom. The van der Waals surface area contributed by atoms with E-state index in [0.29, 0.717) is 24.2 Å². The van der Waals surface area contributed by atoms with E-state index in [1.807, 2.05) is 9.80 Å². The molecule has 2 aromatic heterocycles. The Hall–Kier alpha value is -2.18. The van der Waals surface area contributed by atoms with Crippen LogP contribution in [-0.2, 0) is 22.4 Å². The molecule has 54 heavy (non-hydrogen) atoms. The van der Waals surface area contributed by atoms with E-state index in [1.165, 1.54) is 149 Å². The summed E-state index contributed by atoms with van der Waals surface area (Å²) >= 11 is 3.60. The summed E-state index contributed by atoms with van der Waals surface area (Å²) in [6.07, 6.45) is 31.7. The predicted octanol–water partition coefficient (Wildman–Crippen LogP) is 14.8. The lowest BCUT2D eigenvalue weighted by molar-refractivity contribution is -0.124. The van der Waals surface area contributed by atoms with Crippen LogP contribution in [0.2, 0.25) is 0 Å². The third-order valence-corrected chi connectivity index (χ3v) is 14.0. The van der Waals surface area contributed by atoms with Gasteiger partial charge in [-0.15, -0.1) is 22.7 Å². The first kappa shape index (κ1) is 44.5. The molecule has 0 unspecified atom stereocenters. The van der Waals surface area contributed by atoms with Crippen LogP contribution in [0.15, 0.2) is 23.3 Å². The van der Waals surface area contributed by atoms with Crippen LogP contribution in [-0.4, -0.2) is 34.7 Å². The van der Waals surface area contributed by atoms with Gasteiger partial charge in [0, 0.05) is 22.8 Å². The molecular formula is C48H76N2O2S2. The third-order valence-electron chi connectivity index (χ3n) is 11.8. The van der Waals surface area contributed by atoms with Crippen molar-refractivity contribution in [2.24, 2.45) is 0 Å². The Balaban J connectivity index is 1.69. The van der Waals surface area contributed by atoms with E-state index in [-0.39, 0.29) is 11.8 Å². The van der Waals surface area contributed by atoms with Gasteiger partial charge in [-0.3, -0.25) is 9.59 Å². The summed E-state index contributed by atoms with van der Waals surface area (Å²) in [5, 5.41) is 0. The Kier molecular flexibility index (Phi) is 20.2. The van der Waals surface area contributed by atoms with Gasteiger partial charge in [0.2, 0.25) is 0 Å². The monoisotopic (exact) mass is 777 g/mol. The number of thiophene rings is 2. The van der Waals surface area contributed by atoms with E-state index in [4.69, 9.17) is 0 Å². The molecule has 2 amide bonds. The number of carbonyl (C=O) groups excluding carboxylic acids is 2. The number of rotatable bonds is 30. The van der Waals surface area contributed by atoms with Crippen molar-refractivity contribution < 1.29 is 9.59 Å². The van der Waals surface area contributed by atoms with Crippen molar-refractivity contribution in [2.45, 2.75) is 208 Å². The molecule has 2 aromatic rings. The molecule has 2 aliphatic heterocycles. The highest BCUT2D eigenvalue weighted by Gasteiger charge is 2.49. The van der Waals surface area contributed by atoms with E-state index in [2.05, 4.69) is 53.7 Å². The number of fused-ring (bicyclic) bond motifs is 1. The summed E-state index contributed by atoms with van der Waals surface area (Å²) in [5.41, 5.74) is 5.96. The van der Waals surface area contributed by atoms with Gasteiger partial charge in [-0.05, 0) is 75.6 Å². The molecule has 0 aromatic carbocycles. The number of hydrogen-bond donors (Lipinski definition) is 0. The molecule has 0 spiro atoms. The average molecular weight is 777 g/mol. The van der Waals surface area contributed by atoms with E-state index < -0.39 is 0 Å². The number of hydrogen-bond acceptors (Lipinski definition) is 4. The summed E-state index contributed by atoms with van der Waals surface area (Å²) in [4.78, 5) is 38.7. The Morgan fingerprint density at radius 1 is 0.426 bits per heavy atom. The first-order valence-corrected chi connectivity index (χ1v) is 24.3. The molecule has 0 fully saturated rings. The van der Waals surface area contributed by atoms with Crippen molar-refractivity contribution in [3.8, 4) is 0 Å². The van der Waals surface area contributed by atoms with Crippen LogP contribution in [0, 0.1) is 13.8 Å². The van der Waals surface area contributed by atoms with Crippen molar-refractivity contribution in [3.63, 3.8) is 0 Å². The molecule has 6 heteroatoms. The molecule has 4 heterocycles. The van der Waals surface area contributed by atoms with Crippen molar-refractivity contribution in [1.82, 2.24) is 9.80 Å². The molecule has 0 atom stereocenters. The van der Waals surface area contributed by atoms with Gasteiger partial charge in [-0.25, -0.2) is 0 Å². The van der Waals surface area contributed by atoms with E-state index in [9.17, 15) is 9.59 Å². The fraction of sp³-hybridized carbons (Fsp3) is 0.708. The zero-order valence-electron chi connectivity index (χ0n) is 35.5. The van der Waals surface area contributed by atoms with Crippen LogP contribution in [0.1, 0.15) is 212 Å². The molecule has 0 saturated carbocycles. The lowest BCUT2D eigenvalue weighted by Gasteiger charge is -2.24. The predicted molar refractivity (Wildman–Crippen MR) is 236 cm³/mol. The molecule has 0 radical (unpaired) electrons. The molecule has 4 rings (SSSR count). The highest BCUT2D eigenvalue weighted by atomic mass is 32.1. The molecule has 4 nitrogen and oxygen atoms in total. The molecule has 0 aliphatic carbocycles. The fourth-order valence-electron chi connectivity index (χ4n) is 8.40. The van der Waals surface area contributed by atoms with Gasteiger partial charge in [-0.1, -0.05) is 156 Å². The van der Waals surface area contributed by atoms with E-state index in [1.54, 1.807) is 22.7 Å². The zero-order chi connectivity index (χ0) is 38.7. The minimum atomic E-state index is 0.0504. The number of aryl methyl sites for hydroxylation is 4. The van der Waals surface area contributed by atoms with Gasteiger partial charge in [0.15, 0.2) is 0 Å². The maximum Gasteiger partial charge on any atom is 0.261 e. The summed E-state index contributed by atoms with van der Waals surface area (Å²) in [5.74, 6) is 0.101. The maximum absolute atomic E-state index is 14.9. The highest BCUT2D eigenvalue weighted by Crippen LogP contribution is 2.49. The van der Waals surface area contributed by atoms with Crippen LogP contribution >= 0.6 is 22.7 Å². The second kappa shape index (κ2) is 24.5. The SMILES string of the molecule is CCCCCCCCc1cc(C2=C3C(=O)N(CCCCCCCC)C(c4cc(CCCCCCCC)c(C)s4)=C3C(=O)N2CCCCCCCC)sc1C. The molecule has 0 N–H and O–H groups in total. The fourth-order valence-corrected chi connectivity index (χ4v) is 10.7. The summed E-state index contributed by atoms with van der Waals surface area (Å²) < 4.78 is 0. The van der Waals surface area contributed by atoms with Gasteiger partial charge in [0.05, 0.1) is 32.3 Å². The topological polar surface area (TPSA) is 40.6 Å². The molecule has 0 saturated heterocycles. The average Bonchev–Trinajstić information content (AvgIpc) is 3.88. The maximum atomic E-state index is 14.9. The molecule has 302 valence electrons. The lowest BCUT2D eigenvalue weighted by atomic mass is 10.0. The number of amides is 2. The van der Waals surface area contributed by atoms with Gasteiger partial charge in [0.25, 0.3) is 11.8 Å². The largest absolute Gasteiger partial charge is 0.306 e. The smallest absolute Gasteiger partial charge is 0.261 e. The van der Waals surface area contributed by atoms with Gasteiger partial charge < -0.3 is 9.80 Å². The summed E-state index contributed by atoms with van der Waals surface area (Å²) in [6, 6.07) is 4.69. The molecule has 2 aliphatic rings. The van der Waals surface area contributed by atoms with E-state index in [0.717, 1.165) is 59.7 Å². The number of nitrogens with zero attached hydrogens (tertiary/aromatic N) is 2. The first-order chi connectivity index (χ1) is 26.4. The number of carbonyl (C=O) groups is 2. The van der Waals surface area contributed by atoms with E-state index >= 15 is 0 Å². The van der Waals surface area contributed by atoms with Gasteiger partial charge in [-0.2, -0.15) is 0 Å². The second-order valence-corrected chi connectivity index (χ2v) is 18.8. The summed E-state index contributed by atoms with van der Waals surface area (Å²) in [6.45, 7) is 14.9. The minimum Gasteiger partial charge on any atom is -0.306 e. The quantitative estimate of drug-likeness (QED) is 0.0742. The molecule has 0 bridgehead atoms. The third kappa shape index (κ3) is 12.4. The lowest BCUT2D eigenvalue weighted by Crippen LogP contribution is -2.30. The van der Waals surface area contributed by atoms with Gasteiger partial charge >= 0.3 is 0 Å². The minimum absolute atomic E-state index is 0.0504. The highest BCUT2D eigenvalue weighted by molar-refractivity contribution is 7.13. The van der Waals surface area contributed by atoms with Crippen LogP contribution < -0.4 is 0 Å². The summed E-state index contributed by atoms with van der Waals surface area (Å²) in [7, 11) is 0. The molecular weight excluding hydrogens is 701 g/mol. The zero-order valence-corrected chi connectivity index (χ0v) is 37.1. The van der Waals surface area contributed by atoms with Crippen molar-refractivity contribution in [3.05, 3.63) is 53.9 Å².